The molecule has 0 aliphatic rings. The standard InChI is InChI=1S/C7H14O5/c1-2-3-4-5-7(10,11)12-6(8)9/h10-11H,2-5H2,1H3,(H,8,9). The molecule has 72 valence electrons. The van der Waals surface area contributed by atoms with Crippen LogP contribution in [-0.2, 0) is 4.74 Å². The normalized spacial score (nSPS) is 11.2. The summed E-state index contributed by atoms with van der Waals surface area (Å²) in [6.45, 7) is 1.95. The van der Waals surface area contributed by atoms with E-state index in [4.69, 9.17) is 15.3 Å². The molecule has 0 fully saturated rings. The maximum absolute atomic E-state index is 9.91. The molecule has 0 heterocycles. The summed E-state index contributed by atoms with van der Waals surface area (Å²) in [5, 5.41) is 25.8. The molecule has 5 nitrogen and oxygen atoms in total. The molecule has 0 amide bonds. The fourth-order valence-electron chi connectivity index (χ4n) is 0.796. The lowest BCUT2D eigenvalue weighted by Gasteiger charge is -2.18. The van der Waals surface area contributed by atoms with E-state index in [1.165, 1.54) is 0 Å². The molecule has 0 radical (unpaired) electrons. The number of rotatable bonds is 5. The Morgan fingerprint density at radius 2 is 2.00 bits per heavy atom. The summed E-state index contributed by atoms with van der Waals surface area (Å²) in [6, 6.07) is 0. The number of unbranched alkanes of at least 4 members (excludes halogenated alkanes) is 2. The van der Waals surface area contributed by atoms with Crippen LogP contribution >= 0.6 is 0 Å². The molecule has 0 aromatic rings. The van der Waals surface area contributed by atoms with Crippen LogP contribution in [0.25, 0.3) is 0 Å². The van der Waals surface area contributed by atoms with E-state index in [1.807, 2.05) is 6.92 Å². The Bertz CT molecular complexity index is 143. The van der Waals surface area contributed by atoms with E-state index in [1.54, 1.807) is 0 Å². The SMILES string of the molecule is CCCCCC(O)(O)OC(=O)O. The maximum atomic E-state index is 9.91. The summed E-state index contributed by atoms with van der Waals surface area (Å²) >= 11 is 0. The monoisotopic (exact) mass is 178 g/mol. The molecule has 0 aliphatic heterocycles. The van der Waals surface area contributed by atoms with Crippen molar-refractivity contribution in [3.8, 4) is 0 Å². The Morgan fingerprint density at radius 3 is 2.42 bits per heavy atom. The molecule has 0 bridgehead atoms. The van der Waals surface area contributed by atoms with Crippen LogP contribution in [0.5, 0.6) is 0 Å². The van der Waals surface area contributed by atoms with Gasteiger partial charge in [-0.05, 0) is 6.42 Å². The Kier molecular flexibility index (Phi) is 4.61. The largest absolute Gasteiger partial charge is 0.510 e. The van der Waals surface area contributed by atoms with Gasteiger partial charge in [0.1, 0.15) is 0 Å². The van der Waals surface area contributed by atoms with Crippen LogP contribution in [0.15, 0.2) is 0 Å². The van der Waals surface area contributed by atoms with E-state index < -0.39 is 12.1 Å². The highest BCUT2D eigenvalue weighted by atomic mass is 16.8. The molecular formula is C7H14O5. The van der Waals surface area contributed by atoms with Gasteiger partial charge in [0.05, 0.1) is 0 Å². The van der Waals surface area contributed by atoms with Crippen LogP contribution in [0.1, 0.15) is 32.6 Å². The topological polar surface area (TPSA) is 87.0 Å². The van der Waals surface area contributed by atoms with E-state index in [0.29, 0.717) is 6.42 Å². The lowest BCUT2D eigenvalue weighted by Crippen LogP contribution is -2.33. The van der Waals surface area contributed by atoms with Gasteiger partial charge in [0.25, 0.3) is 0 Å². The van der Waals surface area contributed by atoms with E-state index in [0.717, 1.165) is 12.8 Å². The first-order valence-corrected chi connectivity index (χ1v) is 3.84. The van der Waals surface area contributed by atoms with Crippen molar-refractivity contribution in [3.05, 3.63) is 0 Å². The molecule has 0 saturated heterocycles. The molecule has 0 saturated carbocycles. The second-order valence-corrected chi connectivity index (χ2v) is 2.57. The fraction of sp³-hybridized carbons (Fsp3) is 0.857. The van der Waals surface area contributed by atoms with Gasteiger partial charge in [-0.2, -0.15) is 0 Å². The molecule has 12 heavy (non-hydrogen) atoms. The van der Waals surface area contributed by atoms with Crippen LogP contribution < -0.4 is 0 Å². The third-order valence-electron chi connectivity index (χ3n) is 1.36. The first-order valence-electron chi connectivity index (χ1n) is 3.84. The zero-order valence-corrected chi connectivity index (χ0v) is 6.99. The Morgan fingerprint density at radius 1 is 1.42 bits per heavy atom. The van der Waals surface area contributed by atoms with Gasteiger partial charge in [-0.3, -0.25) is 0 Å². The molecule has 3 N–H and O–H groups in total. The highest BCUT2D eigenvalue weighted by molar-refractivity contribution is 5.57. The summed E-state index contributed by atoms with van der Waals surface area (Å²) in [5.74, 6) is -2.53. The molecule has 0 aliphatic carbocycles. The third kappa shape index (κ3) is 5.94. The molecule has 5 heteroatoms. The number of carboxylic acid groups (broad SMARTS) is 1. The van der Waals surface area contributed by atoms with Gasteiger partial charge in [-0.1, -0.05) is 19.8 Å². The van der Waals surface area contributed by atoms with Gasteiger partial charge < -0.3 is 20.1 Å². The van der Waals surface area contributed by atoms with Crippen molar-refractivity contribution in [2.75, 3.05) is 0 Å². The second-order valence-electron chi connectivity index (χ2n) is 2.57. The van der Waals surface area contributed by atoms with Gasteiger partial charge in [-0.15, -0.1) is 0 Å². The molecular weight excluding hydrogens is 164 g/mol. The number of ether oxygens (including phenoxy) is 1. The van der Waals surface area contributed by atoms with Gasteiger partial charge in [-0.25, -0.2) is 4.79 Å². The Labute approximate surface area is 70.6 Å². The zero-order chi connectivity index (χ0) is 9.61. The lowest BCUT2D eigenvalue weighted by molar-refractivity contribution is -0.316. The average molecular weight is 178 g/mol. The summed E-state index contributed by atoms with van der Waals surface area (Å²) in [4.78, 5) is 9.91. The molecule has 0 aromatic carbocycles. The van der Waals surface area contributed by atoms with Crippen LogP contribution in [0.2, 0.25) is 0 Å². The predicted molar refractivity (Wildman–Crippen MR) is 40.4 cm³/mol. The van der Waals surface area contributed by atoms with Gasteiger partial charge in [0.15, 0.2) is 0 Å². The van der Waals surface area contributed by atoms with E-state index in [9.17, 15) is 4.79 Å². The molecule has 0 atom stereocenters. The number of hydrogen-bond acceptors (Lipinski definition) is 4. The van der Waals surface area contributed by atoms with Crippen LogP contribution in [0.3, 0.4) is 0 Å². The van der Waals surface area contributed by atoms with E-state index >= 15 is 0 Å². The minimum Gasteiger partial charge on any atom is -0.450 e. The number of carbonyl (C=O) groups is 1. The quantitative estimate of drug-likeness (QED) is 0.331. The Balaban J connectivity index is 3.63. The molecule has 0 unspecified atom stereocenters. The van der Waals surface area contributed by atoms with Crippen molar-refractivity contribution in [2.45, 2.75) is 38.6 Å². The number of hydrogen-bond donors (Lipinski definition) is 3. The van der Waals surface area contributed by atoms with E-state index in [-0.39, 0.29) is 6.42 Å². The first-order chi connectivity index (χ1) is 5.48. The molecule has 0 rings (SSSR count). The predicted octanol–water partition coefficient (Wildman–Crippen LogP) is 0.900. The minimum atomic E-state index is -2.53. The molecule has 0 aromatic heterocycles. The van der Waals surface area contributed by atoms with Crippen molar-refractivity contribution >= 4 is 6.16 Å². The highest BCUT2D eigenvalue weighted by Crippen LogP contribution is 2.13. The van der Waals surface area contributed by atoms with Crippen LogP contribution in [-0.4, -0.2) is 27.4 Å². The van der Waals surface area contributed by atoms with Crippen molar-refractivity contribution in [1.82, 2.24) is 0 Å². The highest BCUT2D eigenvalue weighted by Gasteiger charge is 2.27. The summed E-state index contributed by atoms with van der Waals surface area (Å²) in [5.41, 5.74) is 0. The van der Waals surface area contributed by atoms with Crippen LogP contribution in [0, 0.1) is 0 Å². The Hall–Kier alpha value is -0.810. The summed E-state index contributed by atoms with van der Waals surface area (Å²) in [7, 11) is 0. The van der Waals surface area contributed by atoms with Gasteiger partial charge in [0, 0.05) is 6.42 Å². The van der Waals surface area contributed by atoms with Crippen LogP contribution in [0.4, 0.5) is 4.79 Å². The van der Waals surface area contributed by atoms with Gasteiger partial charge >= 0.3 is 12.1 Å². The second kappa shape index (κ2) is 4.95. The van der Waals surface area contributed by atoms with Crippen molar-refractivity contribution in [3.63, 3.8) is 0 Å². The van der Waals surface area contributed by atoms with Crippen molar-refractivity contribution in [2.24, 2.45) is 0 Å². The lowest BCUT2D eigenvalue weighted by atomic mass is 10.2. The molecule has 0 spiro atoms. The first kappa shape index (κ1) is 11.2. The maximum Gasteiger partial charge on any atom is 0.510 e. The minimum absolute atomic E-state index is 0.0901. The zero-order valence-electron chi connectivity index (χ0n) is 6.99. The third-order valence-corrected chi connectivity index (χ3v) is 1.36. The fourth-order valence-corrected chi connectivity index (χ4v) is 0.796. The average Bonchev–Trinajstić information content (AvgIpc) is 1.84. The number of aliphatic hydroxyl groups is 2. The summed E-state index contributed by atoms with van der Waals surface area (Å²) < 4.78 is 3.81. The van der Waals surface area contributed by atoms with Crippen molar-refractivity contribution < 1.29 is 24.9 Å². The summed E-state index contributed by atoms with van der Waals surface area (Å²) in [6.07, 6.45) is 0.482. The van der Waals surface area contributed by atoms with Crippen molar-refractivity contribution in [1.29, 1.82) is 0 Å². The van der Waals surface area contributed by atoms with Gasteiger partial charge in [0.2, 0.25) is 0 Å². The van der Waals surface area contributed by atoms with E-state index in [2.05, 4.69) is 4.74 Å². The smallest absolute Gasteiger partial charge is 0.450 e.